The summed E-state index contributed by atoms with van der Waals surface area (Å²) < 4.78 is 11.1. The Morgan fingerprint density at radius 2 is 1.45 bits per heavy atom. The molecule has 0 aliphatic heterocycles. The largest absolute Gasteiger partial charge is 2.00 e. The van der Waals surface area contributed by atoms with E-state index in [2.05, 4.69) is 13.8 Å². The monoisotopic (exact) mass is 464 g/mol. The number of ketones is 1. The number of carbonyl (C=O) groups is 3. The second kappa shape index (κ2) is 10.7. The molecule has 0 aromatic heterocycles. The predicted molar refractivity (Wildman–Crippen MR) is 111 cm³/mol. The van der Waals surface area contributed by atoms with Crippen molar-refractivity contribution in [3.63, 3.8) is 0 Å². The van der Waals surface area contributed by atoms with Gasteiger partial charge in [0.25, 0.3) is 0 Å². The van der Waals surface area contributed by atoms with Crippen molar-refractivity contribution >= 4 is 17.7 Å². The molecule has 3 atom stereocenters. The number of allylic oxidation sites excluding steroid dienone is 1. The van der Waals surface area contributed by atoms with Crippen LogP contribution < -0.4 is 0 Å². The van der Waals surface area contributed by atoms with Gasteiger partial charge in [0.05, 0.1) is 5.92 Å². The number of hydrogen-bond acceptors (Lipinski definition) is 5. The molecule has 2 bridgehead atoms. The van der Waals surface area contributed by atoms with E-state index < -0.39 is 23.5 Å². The quantitative estimate of drug-likeness (QED) is 0.468. The maximum atomic E-state index is 13.0. The van der Waals surface area contributed by atoms with Crippen LogP contribution in [0.15, 0.2) is 11.8 Å². The minimum absolute atomic E-state index is 0. The van der Waals surface area contributed by atoms with Crippen LogP contribution in [0, 0.1) is 81.0 Å². The van der Waals surface area contributed by atoms with Crippen molar-refractivity contribution in [2.24, 2.45) is 17.3 Å². The van der Waals surface area contributed by atoms with E-state index in [1.54, 1.807) is 18.9 Å². The molecule has 5 aliphatic rings. The molecule has 5 nitrogen and oxygen atoms in total. The molecule has 10 radical (unpaired) electrons. The molecule has 0 saturated heterocycles. The van der Waals surface area contributed by atoms with Crippen molar-refractivity contribution in [2.45, 2.75) is 46.1 Å². The Morgan fingerprint density at radius 3 is 1.94 bits per heavy atom. The van der Waals surface area contributed by atoms with Crippen LogP contribution in [0.5, 0.6) is 0 Å². The molecule has 5 aliphatic carbocycles. The molecule has 31 heavy (non-hydrogen) atoms. The second-order valence-corrected chi connectivity index (χ2v) is 8.70. The first kappa shape index (κ1) is 26.1. The third kappa shape index (κ3) is 6.01. The van der Waals surface area contributed by atoms with E-state index in [0.717, 1.165) is 0 Å². The number of hydrogen-bond donors (Lipinski definition) is 0. The average Bonchev–Trinajstić information content (AvgIpc) is 3.35. The van der Waals surface area contributed by atoms with E-state index in [1.807, 2.05) is 44.9 Å². The standard InChI is InChI=1S/C20H23O5.C5H5.Fe/c1-12(21)24-17-10-20(25-13(2)22)11-19(3,4)15(17)9-16(20)18(23)14-7-5-6-8-14;1-2-4-5-3-1;/h5-8,10,15-16H,9,11H2,1-4H3;1-5H;/q;;+2/t15-,16?,20-;;/m0../s1. The maximum absolute atomic E-state index is 13.0. The van der Waals surface area contributed by atoms with Gasteiger partial charge in [-0.1, -0.05) is 13.8 Å². The minimum Gasteiger partial charge on any atom is -0.454 e. The Kier molecular flexibility index (Phi) is 8.98. The SMILES string of the molecule is CC(=O)OC1=C[C@]2(OC(C)=O)CC(C)(C)[C@H]1CC2C(=O)[C]1[CH][CH][CH][CH]1.[CH]1[CH][CH][CH][CH]1.[Fe+2]. The summed E-state index contributed by atoms with van der Waals surface area (Å²) >= 11 is 0. The zero-order chi connectivity index (χ0) is 21.9. The van der Waals surface area contributed by atoms with E-state index in [-0.39, 0.29) is 34.2 Å². The van der Waals surface area contributed by atoms with Gasteiger partial charge < -0.3 is 9.47 Å². The van der Waals surface area contributed by atoms with Gasteiger partial charge in [0.15, 0.2) is 0 Å². The Bertz CT molecular complexity index is 695. The third-order valence-electron chi connectivity index (χ3n) is 5.88. The van der Waals surface area contributed by atoms with E-state index in [1.165, 1.54) is 13.8 Å². The van der Waals surface area contributed by atoms with Crippen LogP contribution in [0.4, 0.5) is 0 Å². The van der Waals surface area contributed by atoms with Gasteiger partial charge in [-0.3, -0.25) is 14.4 Å². The van der Waals surface area contributed by atoms with Crippen LogP contribution in [-0.4, -0.2) is 23.3 Å². The second-order valence-electron chi connectivity index (χ2n) is 8.70. The molecule has 5 rings (SSSR count). The number of fused-ring (bicyclic) bond motifs is 2. The van der Waals surface area contributed by atoms with Crippen molar-refractivity contribution < 1.29 is 40.9 Å². The van der Waals surface area contributed by atoms with Crippen LogP contribution in [0.25, 0.3) is 0 Å². The van der Waals surface area contributed by atoms with Gasteiger partial charge in [0.1, 0.15) is 17.1 Å². The first-order valence-electron chi connectivity index (χ1n) is 10.2. The van der Waals surface area contributed by atoms with Crippen LogP contribution in [0.2, 0.25) is 0 Å². The smallest absolute Gasteiger partial charge is 0.454 e. The Labute approximate surface area is 197 Å². The normalized spacial score (nSPS) is 31.0. The molecular formula is C25H28FeO5+2. The summed E-state index contributed by atoms with van der Waals surface area (Å²) in [4.78, 5) is 36.4. The summed E-state index contributed by atoms with van der Waals surface area (Å²) in [7, 11) is 0. The number of carbonyl (C=O) groups excluding carboxylic acids is 3. The molecule has 0 spiro atoms. The maximum Gasteiger partial charge on any atom is 2.00 e. The average molecular weight is 464 g/mol. The summed E-state index contributed by atoms with van der Waals surface area (Å²) in [6, 6.07) is 0. The van der Waals surface area contributed by atoms with Crippen LogP contribution in [0.3, 0.4) is 0 Å². The number of Topliss-reactive ketones (excluding diaryl/α,β-unsaturated/α-hetero) is 1. The number of esters is 2. The molecule has 0 amide bonds. The van der Waals surface area contributed by atoms with E-state index in [4.69, 9.17) is 9.47 Å². The summed E-state index contributed by atoms with van der Waals surface area (Å²) in [6.45, 7) is 6.79. The van der Waals surface area contributed by atoms with Crippen molar-refractivity contribution in [3.05, 3.63) is 75.5 Å². The van der Waals surface area contributed by atoms with Crippen LogP contribution in [-0.2, 0) is 40.9 Å². The van der Waals surface area contributed by atoms with Crippen molar-refractivity contribution in [2.75, 3.05) is 0 Å². The Morgan fingerprint density at radius 1 is 0.903 bits per heavy atom. The van der Waals surface area contributed by atoms with E-state index >= 15 is 0 Å². The number of ether oxygens (including phenoxy) is 2. The zero-order valence-corrected chi connectivity index (χ0v) is 19.3. The van der Waals surface area contributed by atoms with Crippen molar-refractivity contribution in [1.29, 1.82) is 0 Å². The van der Waals surface area contributed by atoms with Gasteiger partial charge in [-0.15, -0.1) is 0 Å². The molecule has 3 saturated carbocycles. The van der Waals surface area contributed by atoms with Gasteiger partial charge in [-0.25, -0.2) is 0 Å². The zero-order valence-electron chi connectivity index (χ0n) is 18.2. The molecule has 1 unspecified atom stereocenters. The summed E-state index contributed by atoms with van der Waals surface area (Å²) in [5.74, 6) is -0.319. The first-order valence-corrected chi connectivity index (χ1v) is 10.2. The van der Waals surface area contributed by atoms with Gasteiger partial charge >= 0.3 is 29.0 Å². The molecule has 164 valence electrons. The van der Waals surface area contributed by atoms with Gasteiger partial charge in [-0.2, -0.15) is 0 Å². The fraction of sp³-hybridized carbons (Fsp3) is 0.400. The summed E-state index contributed by atoms with van der Waals surface area (Å²) in [5, 5.41) is 0. The van der Waals surface area contributed by atoms with E-state index in [0.29, 0.717) is 24.5 Å². The Hall–Kier alpha value is -1.13. The van der Waals surface area contributed by atoms with Gasteiger partial charge in [0, 0.05) is 25.7 Å². The van der Waals surface area contributed by atoms with Gasteiger partial charge in [-0.05, 0) is 82.1 Å². The van der Waals surface area contributed by atoms with Crippen molar-refractivity contribution in [1.82, 2.24) is 0 Å². The van der Waals surface area contributed by atoms with Crippen molar-refractivity contribution in [3.8, 4) is 0 Å². The minimum atomic E-state index is -1.08. The molecule has 0 heterocycles. The molecule has 0 N–H and O–H groups in total. The molecule has 6 heteroatoms. The fourth-order valence-corrected chi connectivity index (χ4v) is 4.77. The predicted octanol–water partition coefficient (Wildman–Crippen LogP) is 3.79. The van der Waals surface area contributed by atoms with Crippen LogP contribution >= 0.6 is 0 Å². The molecule has 0 aromatic rings. The Balaban J connectivity index is 0.000000501. The molecule has 3 fully saturated rings. The van der Waals surface area contributed by atoms with Gasteiger partial charge in [0.2, 0.25) is 0 Å². The summed E-state index contributed by atoms with van der Waals surface area (Å²) in [6.07, 6.45) is 19.9. The van der Waals surface area contributed by atoms with Crippen LogP contribution in [0.1, 0.15) is 40.5 Å². The summed E-state index contributed by atoms with van der Waals surface area (Å²) in [5.41, 5.74) is -1.33. The topological polar surface area (TPSA) is 69.7 Å². The molecular weight excluding hydrogens is 436 g/mol. The third-order valence-corrected chi connectivity index (χ3v) is 5.88. The first-order chi connectivity index (χ1) is 14.1. The fourth-order valence-electron chi connectivity index (χ4n) is 4.77. The van der Waals surface area contributed by atoms with E-state index in [9.17, 15) is 14.4 Å². The molecule has 0 aromatic carbocycles. The number of rotatable bonds is 4.